The van der Waals surface area contributed by atoms with Gasteiger partial charge in [-0.05, 0) is 17.4 Å². The number of aliphatic carboxylic acids is 1. The molecule has 17 heavy (non-hydrogen) atoms. The highest BCUT2D eigenvalue weighted by molar-refractivity contribution is 7.15. The third-order valence-electron chi connectivity index (χ3n) is 2.44. The first kappa shape index (κ1) is 14.8. The van der Waals surface area contributed by atoms with Crippen molar-refractivity contribution in [1.82, 2.24) is 5.32 Å². The fourth-order valence-corrected chi connectivity index (χ4v) is 2.68. The van der Waals surface area contributed by atoms with Crippen molar-refractivity contribution in [3.63, 3.8) is 0 Å². The van der Waals surface area contributed by atoms with Gasteiger partial charge in [-0.25, -0.2) is 0 Å². The Morgan fingerprint density at radius 1 is 1.59 bits per heavy atom. The van der Waals surface area contributed by atoms with Crippen molar-refractivity contribution >= 4 is 40.5 Å². The Balaban J connectivity index is 2.51. The largest absolute Gasteiger partial charge is 0.480 e. The number of carboxylic acids is 1. The Labute approximate surface area is 115 Å². The first-order valence-corrected chi connectivity index (χ1v) is 7.07. The maximum absolute atomic E-state index is 11.0. The monoisotopic (exact) mass is 295 g/mol. The summed E-state index contributed by atoms with van der Waals surface area (Å²) in [5.74, 6) is -0.823. The van der Waals surface area contributed by atoms with Crippen LogP contribution in [-0.2, 0) is 11.3 Å². The van der Waals surface area contributed by atoms with Crippen molar-refractivity contribution in [3.05, 3.63) is 20.3 Å². The summed E-state index contributed by atoms with van der Waals surface area (Å²) in [6.07, 6.45) is 2.50. The molecule has 0 amide bonds. The molecular weight excluding hydrogens is 281 g/mol. The molecule has 2 N–H and O–H groups in total. The van der Waals surface area contributed by atoms with E-state index in [1.54, 1.807) is 0 Å². The van der Waals surface area contributed by atoms with Crippen LogP contribution in [0.3, 0.4) is 0 Å². The summed E-state index contributed by atoms with van der Waals surface area (Å²) in [4.78, 5) is 11.0. The molecule has 96 valence electrons. The van der Waals surface area contributed by atoms with Crippen LogP contribution in [0.5, 0.6) is 0 Å². The van der Waals surface area contributed by atoms with E-state index >= 15 is 0 Å². The minimum Gasteiger partial charge on any atom is -0.480 e. The Bertz CT molecular complexity index is 382. The lowest BCUT2D eigenvalue weighted by Gasteiger charge is -2.13. The quantitative estimate of drug-likeness (QED) is 0.805. The second-order valence-electron chi connectivity index (χ2n) is 3.76. The van der Waals surface area contributed by atoms with Crippen LogP contribution in [0.15, 0.2) is 5.38 Å². The molecule has 1 aromatic heterocycles. The van der Waals surface area contributed by atoms with E-state index < -0.39 is 12.0 Å². The van der Waals surface area contributed by atoms with Crippen LogP contribution in [-0.4, -0.2) is 17.1 Å². The second kappa shape index (κ2) is 7.21. The summed E-state index contributed by atoms with van der Waals surface area (Å²) in [6, 6.07) is -0.523. The summed E-state index contributed by atoms with van der Waals surface area (Å²) >= 11 is 13.2. The van der Waals surface area contributed by atoms with E-state index in [9.17, 15) is 4.79 Å². The zero-order valence-corrected chi connectivity index (χ0v) is 11.8. The molecule has 0 saturated heterocycles. The number of unbranched alkanes of at least 4 members (excludes halogenated alkanes) is 1. The van der Waals surface area contributed by atoms with Gasteiger partial charge in [0.25, 0.3) is 0 Å². The number of thiophene rings is 1. The minimum absolute atomic E-state index is 0.433. The van der Waals surface area contributed by atoms with Gasteiger partial charge < -0.3 is 10.4 Å². The maximum Gasteiger partial charge on any atom is 0.320 e. The van der Waals surface area contributed by atoms with Crippen molar-refractivity contribution in [2.75, 3.05) is 0 Å². The highest BCUT2D eigenvalue weighted by atomic mass is 35.5. The highest BCUT2D eigenvalue weighted by Crippen LogP contribution is 2.32. The van der Waals surface area contributed by atoms with Gasteiger partial charge in [-0.1, -0.05) is 43.0 Å². The zero-order valence-electron chi connectivity index (χ0n) is 9.50. The summed E-state index contributed by atoms with van der Waals surface area (Å²) in [5.41, 5.74) is 0.851. The summed E-state index contributed by atoms with van der Waals surface area (Å²) in [6.45, 7) is 2.47. The average Bonchev–Trinajstić information content (AvgIpc) is 2.60. The average molecular weight is 296 g/mol. The molecule has 0 saturated carbocycles. The van der Waals surface area contributed by atoms with E-state index in [4.69, 9.17) is 28.3 Å². The molecule has 1 rings (SSSR count). The number of carbonyl (C=O) groups is 1. The van der Waals surface area contributed by atoms with Crippen LogP contribution in [0, 0.1) is 0 Å². The predicted molar refractivity (Wildman–Crippen MR) is 72.1 cm³/mol. The van der Waals surface area contributed by atoms with Crippen molar-refractivity contribution in [1.29, 1.82) is 0 Å². The standard InChI is InChI=1S/C11H15Cl2NO2S/c1-2-3-4-8(11(15)16)14-5-7-6-17-10(13)9(7)12/h6,8,14H,2-5H2,1H3,(H,15,16)/t8-/m0/s1. The molecule has 1 heterocycles. The molecule has 0 aliphatic rings. The van der Waals surface area contributed by atoms with Gasteiger partial charge in [0.15, 0.2) is 0 Å². The van der Waals surface area contributed by atoms with E-state index in [1.807, 2.05) is 12.3 Å². The number of rotatable bonds is 7. The predicted octanol–water partition coefficient (Wildman–Crippen LogP) is 3.79. The molecule has 6 heteroatoms. The zero-order chi connectivity index (χ0) is 12.8. The fourth-order valence-electron chi connectivity index (χ4n) is 1.43. The smallest absolute Gasteiger partial charge is 0.320 e. The van der Waals surface area contributed by atoms with Crippen LogP contribution < -0.4 is 5.32 Å². The third kappa shape index (κ3) is 4.47. The van der Waals surface area contributed by atoms with Crippen LogP contribution in [0.1, 0.15) is 31.7 Å². The van der Waals surface area contributed by atoms with Gasteiger partial charge in [0.05, 0.1) is 5.02 Å². The Morgan fingerprint density at radius 2 is 2.29 bits per heavy atom. The van der Waals surface area contributed by atoms with Crippen LogP contribution in [0.2, 0.25) is 9.36 Å². The number of nitrogens with one attached hydrogen (secondary N) is 1. The summed E-state index contributed by atoms with van der Waals surface area (Å²) in [7, 11) is 0. The minimum atomic E-state index is -0.823. The Kier molecular flexibility index (Phi) is 6.27. The fraction of sp³-hybridized carbons (Fsp3) is 0.545. The molecule has 1 atom stereocenters. The third-order valence-corrected chi connectivity index (χ3v) is 4.35. The van der Waals surface area contributed by atoms with Gasteiger partial charge in [0, 0.05) is 6.54 Å². The Morgan fingerprint density at radius 3 is 2.76 bits per heavy atom. The SMILES string of the molecule is CCCC[C@H](NCc1csc(Cl)c1Cl)C(=O)O. The van der Waals surface area contributed by atoms with Crippen molar-refractivity contribution in [2.24, 2.45) is 0 Å². The molecule has 0 aromatic carbocycles. The summed E-state index contributed by atoms with van der Waals surface area (Å²) < 4.78 is 0.545. The molecule has 3 nitrogen and oxygen atoms in total. The van der Waals surface area contributed by atoms with E-state index in [-0.39, 0.29) is 0 Å². The van der Waals surface area contributed by atoms with Crippen molar-refractivity contribution in [3.8, 4) is 0 Å². The molecule has 0 unspecified atom stereocenters. The topological polar surface area (TPSA) is 49.3 Å². The van der Waals surface area contributed by atoms with Gasteiger partial charge in [-0.3, -0.25) is 4.79 Å². The lowest BCUT2D eigenvalue weighted by atomic mass is 10.1. The normalized spacial score (nSPS) is 12.6. The number of hydrogen-bond donors (Lipinski definition) is 2. The molecule has 0 aliphatic carbocycles. The first-order chi connectivity index (χ1) is 8.06. The van der Waals surface area contributed by atoms with E-state index in [0.29, 0.717) is 22.3 Å². The molecule has 0 spiro atoms. The number of halogens is 2. The van der Waals surface area contributed by atoms with Crippen LogP contribution in [0.25, 0.3) is 0 Å². The first-order valence-electron chi connectivity index (χ1n) is 5.43. The molecule has 0 aliphatic heterocycles. The van der Waals surface area contributed by atoms with Gasteiger partial charge >= 0.3 is 5.97 Å². The molecular formula is C11H15Cl2NO2S. The van der Waals surface area contributed by atoms with Crippen molar-refractivity contribution < 1.29 is 9.90 Å². The van der Waals surface area contributed by atoms with Gasteiger partial charge in [-0.15, -0.1) is 11.3 Å². The second-order valence-corrected chi connectivity index (χ2v) is 5.62. The van der Waals surface area contributed by atoms with Crippen LogP contribution >= 0.6 is 34.5 Å². The number of carboxylic acid groups (broad SMARTS) is 1. The van der Waals surface area contributed by atoms with Gasteiger partial charge in [0.1, 0.15) is 10.4 Å². The van der Waals surface area contributed by atoms with E-state index in [0.717, 1.165) is 18.4 Å². The van der Waals surface area contributed by atoms with Crippen LogP contribution in [0.4, 0.5) is 0 Å². The van der Waals surface area contributed by atoms with E-state index in [2.05, 4.69) is 5.32 Å². The molecule has 0 fully saturated rings. The maximum atomic E-state index is 11.0. The lowest BCUT2D eigenvalue weighted by Crippen LogP contribution is -2.36. The molecule has 1 aromatic rings. The Hall–Kier alpha value is -0.290. The van der Waals surface area contributed by atoms with E-state index in [1.165, 1.54) is 11.3 Å². The summed E-state index contributed by atoms with van der Waals surface area (Å²) in [5, 5.41) is 14.4. The van der Waals surface area contributed by atoms with Crippen molar-refractivity contribution in [2.45, 2.75) is 38.8 Å². The van der Waals surface area contributed by atoms with Gasteiger partial charge in [-0.2, -0.15) is 0 Å². The lowest BCUT2D eigenvalue weighted by molar-refractivity contribution is -0.139. The highest BCUT2D eigenvalue weighted by Gasteiger charge is 2.17. The molecule has 0 bridgehead atoms. The number of hydrogen-bond acceptors (Lipinski definition) is 3. The molecule has 0 radical (unpaired) electrons. The van der Waals surface area contributed by atoms with Gasteiger partial charge in [0.2, 0.25) is 0 Å².